The number of carbonyl (C=O) groups is 1. The molecule has 1 aromatic heterocycles. The lowest BCUT2D eigenvalue weighted by Gasteiger charge is -2.11. The second-order valence-corrected chi connectivity index (χ2v) is 3.41. The van der Waals surface area contributed by atoms with Crippen molar-refractivity contribution in [2.24, 2.45) is 5.73 Å². The molecule has 0 fully saturated rings. The van der Waals surface area contributed by atoms with Gasteiger partial charge < -0.3 is 10.5 Å². The van der Waals surface area contributed by atoms with Crippen LogP contribution in [0.1, 0.15) is 40.7 Å². The van der Waals surface area contributed by atoms with Crippen LogP contribution in [0, 0.1) is 6.92 Å². The van der Waals surface area contributed by atoms with Crippen LogP contribution >= 0.6 is 0 Å². The molecule has 0 atom stereocenters. The van der Waals surface area contributed by atoms with Gasteiger partial charge in [-0.15, -0.1) is 0 Å². The maximum absolute atomic E-state index is 12.7. The summed E-state index contributed by atoms with van der Waals surface area (Å²) in [6.07, 6.45) is -2.66. The molecule has 6 heteroatoms. The number of nitrogens with zero attached hydrogens (tertiary/aromatic N) is 1. The molecule has 94 valence electrons. The molecule has 0 saturated carbocycles. The molecule has 1 rings (SSSR count). The molecule has 0 spiro atoms. The Morgan fingerprint density at radius 3 is 2.71 bits per heavy atom. The average Bonchev–Trinajstić information content (AvgIpc) is 2.27. The van der Waals surface area contributed by atoms with Crippen LogP contribution < -0.4 is 5.73 Å². The molecule has 0 aliphatic heterocycles. The first-order chi connectivity index (χ1) is 8.01. The first-order valence-corrected chi connectivity index (χ1v) is 5.17. The fourth-order valence-electron chi connectivity index (χ4n) is 1.51. The van der Waals surface area contributed by atoms with E-state index in [1.54, 1.807) is 6.92 Å². The van der Waals surface area contributed by atoms with Crippen molar-refractivity contribution in [1.82, 2.24) is 4.98 Å². The Kier molecular flexibility index (Phi) is 4.51. The van der Waals surface area contributed by atoms with Gasteiger partial charge >= 0.3 is 5.97 Å². The highest BCUT2D eigenvalue weighted by Gasteiger charge is 2.20. The molecule has 17 heavy (non-hydrogen) atoms. The number of rotatable bonds is 4. The monoisotopic (exact) mass is 244 g/mol. The lowest BCUT2D eigenvalue weighted by molar-refractivity contribution is 0.0518. The quantitative estimate of drug-likeness (QED) is 0.822. The zero-order valence-corrected chi connectivity index (χ0v) is 9.67. The summed E-state index contributed by atoms with van der Waals surface area (Å²) < 4.78 is 30.2. The fraction of sp³-hybridized carbons (Fsp3) is 0.455. The summed E-state index contributed by atoms with van der Waals surface area (Å²) in [5.41, 5.74) is 5.47. The van der Waals surface area contributed by atoms with Gasteiger partial charge in [0.25, 0.3) is 6.43 Å². The summed E-state index contributed by atoms with van der Waals surface area (Å²) >= 11 is 0. The summed E-state index contributed by atoms with van der Waals surface area (Å²) in [5.74, 6) is -0.633. The normalized spacial score (nSPS) is 10.7. The number of aromatic nitrogens is 1. The van der Waals surface area contributed by atoms with Crippen molar-refractivity contribution in [2.45, 2.75) is 26.8 Å². The fourth-order valence-corrected chi connectivity index (χ4v) is 1.51. The molecule has 1 aromatic rings. The zero-order chi connectivity index (χ0) is 13.0. The number of nitrogens with two attached hydrogens (primary N) is 1. The zero-order valence-electron chi connectivity index (χ0n) is 9.67. The smallest absolute Gasteiger partial charge is 0.356 e. The number of pyridine rings is 1. The van der Waals surface area contributed by atoms with Crippen molar-refractivity contribution < 1.29 is 18.3 Å². The van der Waals surface area contributed by atoms with Crippen molar-refractivity contribution >= 4 is 5.97 Å². The van der Waals surface area contributed by atoms with Crippen LogP contribution in [0.5, 0.6) is 0 Å². The van der Waals surface area contributed by atoms with E-state index >= 15 is 0 Å². The molecular weight excluding hydrogens is 230 g/mol. The highest BCUT2D eigenvalue weighted by atomic mass is 19.3. The van der Waals surface area contributed by atoms with E-state index in [2.05, 4.69) is 4.98 Å². The molecule has 0 bridgehead atoms. The Balaban J connectivity index is 3.22. The van der Waals surface area contributed by atoms with Crippen LogP contribution in [0.25, 0.3) is 0 Å². The largest absolute Gasteiger partial charge is 0.461 e. The summed E-state index contributed by atoms with van der Waals surface area (Å²) in [6.45, 7) is 3.20. The number of hydrogen-bond donors (Lipinski definition) is 1. The first-order valence-electron chi connectivity index (χ1n) is 5.17. The van der Waals surface area contributed by atoms with E-state index in [4.69, 9.17) is 10.5 Å². The van der Waals surface area contributed by atoms with E-state index in [1.807, 2.05) is 0 Å². The summed E-state index contributed by atoms with van der Waals surface area (Å²) in [5, 5.41) is 0. The lowest BCUT2D eigenvalue weighted by atomic mass is 10.1. The average molecular weight is 244 g/mol. The van der Waals surface area contributed by atoms with E-state index in [9.17, 15) is 13.6 Å². The number of esters is 1. The van der Waals surface area contributed by atoms with Crippen LogP contribution in [0.15, 0.2) is 6.07 Å². The van der Waals surface area contributed by atoms with Crippen LogP contribution in [-0.4, -0.2) is 17.6 Å². The summed E-state index contributed by atoms with van der Waals surface area (Å²) in [6, 6.07) is 1.29. The predicted octanol–water partition coefficient (Wildman–Crippen LogP) is 1.96. The molecular formula is C11H14F2N2O2. The van der Waals surface area contributed by atoms with Crippen molar-refractivity contribution in [3.05, 3.63) is 28.6 Å². The Hall–Kier alpha value is -1.56. The first kappa shape index (κ1) is 13.5. The van der Waals surface area contributed by atoms with Gasteiger partial charge in [0.1, 0.15) is 5.69 Å². The summed E-state index contributed by atoms with van der Waals surface area (Å²) in [4.78, 5) is 15.2. The maximum atomic E-state index is 12.7. The third kappa shape index (κ3) is 2.97. The molecule has 0 saturated heterocycles. The van der Waals surface area contributed by atoms with Gasteiger partial charge in [0.05, 0.1) is 12.3 Å². The van der Waals surface area contributed by atoms with E-state index in [0.717, 1.165) is 0 Å². The van der Waals surface area contributed by atoms with Crippen LogP contribution in [0.3, 0.4) is 0 Å². The number of carbonyl (C=O) groups excluding carboxylic acids is 1. The molecule has 0 radical (unpaired) electrons. The molecule has 0 aromatic carbocycles. The molecule has 0 aliphatic carbocycles. The third-order valence-electron chi connectivity index (χ3n) is 2.24. The number of ether oxygens (including phenoxy) is 1. The second kappa shape index (κ2) is 5.67. The van der Waals surface area contributed by atoms with Gasteiger partial charge in [-0.2, -0.15) is 0 Å². The number of aryl methyl sites for hydroxylation is 1. The van der Waals surface area contributed by atoms with Gasteiger partial charge in [-0.3, -0.25) is 0 Å². The SMILES string of the molecule is CCOC(=O)c1cc(C)c(C(F)F)c(CN)n1. The molecule has 0 unspecified atom stereocenters. The Morgan fingerprint density at radius 1 is 1.59 bits per heavy atom. The Bertz CT molecular complexity index is 422. The van der Waals surface area contributed by atoms with E-state index in [1.165, 1.54) is 13.0 Å². The van der Waals surface area contributed by atoms with E-state index < -0.39 is 12.4 Å². The minimum Gasteiger partial charge on any atom is -0.461 e. The second-order valence-electron chi connectivity index (χ2n) is 3.41. The summed E-state index contributed by atoms with van der Waals surface area (Å²) in [7, 11) is 0. The molecule has 0 amide bonds. The van der Waals surface area contributed by atoms with Gasteiger partial charge in [-0.05, 0) is 25.5 Å². The minimum absolute atomic E-state index is 0.00852. The standard InChI is InChI=1S/C11H14F2N2O2/c1-3-17-11(16)7-4-6(2)9(10(12)13)8(5-14)15-7/h4,10H,3,5,14H2,1-2H3. The highest BCUT2D eigenvalue weighted by molar-refractivity contribution is 5.87. The van der Waals surface area contributed by atoms with Crippen LogP contribution in [-0.2, 0) is 11.3 Å². The van der Waals surface area contributed by atoms with Crippen molar-refractivity contribution in [2.75, 3.05) is 6.61 Å². The topological polar surface area (TPSA) is 65.2 Å². The van der Waals surface area contributed by atoms with Crippen LogP contribution in [0.4, 0.5) is 8.78 Å². The maximum Gasteiger partial charge on any atom is 0.356 e. The number of halogens is 2. The highest BCUT2D eigenvalue weighted by Crippen LogP contribution is 2.26. The molecule has 1 heterocycles. The Morgan fingerprint density at radius 2 is 2.24 bits per heavy atom. The number of alkyl halides is 2. The predicted molar refractivity (Wildman–Crippen MR) is 57.8 cm³/mol. The Labute approximate surface area is 97.8 Å². The minimum atomic E-state index is -2.66. The molecule has 2 N–H and O–H groups in total. The van der Waals surface area contributed by atoms with Gasteiger partial charge in [0, 0.05) is 12.1 Å². The molecule has 4 nitrogen and oxygen atoms in total. The van der Waals surface area contributed by atoms with Gasteiger partial charge in [-0.25, -0.2) is 18.6 Å². The van der Waals surface area contributed by atoms with Gasteiger partial charge in [0.2, 0.25) is 0 Å². The lowest BCUT2D eigenvalue weighted by Crippen LogP contribution is -2.14. The van der Waals surface area contributed by atoms with E-state index in [0.29, 0.717) is 5.56 Å². The number of hydrogen-bond acceptors (Lipinski definition) is 4. The van der Waals surface area contributed by atoms with Crippen molar-refractivity contribution in [1.29, 1.82) is 0 Å². The van der Waals surface area contributed by atoms with Gasteiger partial charge in [0.15, 0.2) is 0 Å². The van der Waals surface area contributed by atoms with Crippen molar-refractivity contribution in [3.63, 3.8) is 0 Å². The van der Waals surface area contributed by atoms with Gasteiger partial charge in [-0.1, -0.05) is 0 Å². The molecule has 0 aliphatic rings. The van der Waals surface area contributed by atoms with E-state index in [-0.39, 0.29) is 30.1 Å². The van der Waals surface area contributed by atoms with Crippen LogP contribution in [0.2, 0.25) is 0 Å². The third-order valence-corrected chi connectivity index (χ3v) is 2.24. The van der Waals surface area contributed by atoms with Crippen molar-refractivity contribution in [3.8, 4) is 0 Å².